The number of cyclic esters (lactones) is 1. The van der Waals surface area contributed by atoms with Gasteiger partial charge >= 0.3 is 114 Å². The van der Waals surface area contributed by atoms with Crippen LogP contribution in [0.2, 0.25) is 0 Å². The number of hydrogen-bond donors (Lipinski definition) is 1. The molecule has 0 saturated carbocycles. The summed E-state index contributed by atoms with van der Waals surface area (Å²) in [6.45, 7) is 1.05. The maximum absolute atomic E-state index is 11.1. The molecule has 1 aliphatic heterocycles. The third-order valence-electron chi connectivity index (χ3n) is 2.82. The second-order valence-corrected chi connectivity index (χ2v) is 7.55. The SMILES string of the molecule is C.C.Nc1cncc(Br)c1.O=C(Cl)OCCCl.O=C1OCCN1c1cncc(Br)c1.O=CO[O-].[H-].[K+].[K+]. The van der Waals surface area contributed by atoms with E-state index in [9.17, 15) is 9.59 Å². The summed E-state index contributed by atoms with van der Waals surface area (Å²) >= 11 is 16.4. The van der Waals surface area contributed by atoms with Crippen molar-refractivity contribution in [3.63, 3.8) is 0 Å². The fraction of sp³-hybridized carbons (Fsp3) is 0.316. The summed E-state index contributed by atoms with van der Waals surface area (Å²) < 4.78 is 10.8. The van der Waals surface area contributed by atoms with E-state index in [1.54, 1.807) is 35.8 Å². The van der Waals surface area contributed by atoms with E-state index in [1.165, 1.54) is 0 Å². The zero-order valence-corrected chi connectivity index (χ0v) is 29.1. The number of carbonyl (C=O) groups excluding carboxylic acids is 3. The molecule has 1 fully saturated rings. The molecule has 2 aromatic heterocycles. The number of anilines is 2. The van der Waals surface area contributed by atoms with Crippen molar-refractivity contribution >= 4 is 84.4 Å². The first kappa shape index (κ1) is 46.9. The maximum Gasteiger partial charge on any atom is 1.00 e. The number of carbonyl (C=O) groups is 3. The molecule has 0 atom stereocenters. The van der Waals surface area contributed by atoms with Crippen LogP contribution in [-0.2, 0) is 19.2 Å². The Balaban J connectivity index is -0.0000000891. The minimum atomic E-state index is -0.805. The number of nitrogens with two attached hydrogens (primary N) is 1. The Morgan fingerprint density at radius 3 is 2.03 bits per heavy atom. The quantitative estimate of drug-likeness (QED) is 0.0998. The van der Waals surface area contributed by atoms with Crippen LogP contribution >= 0.6 is 55.1 Å². The van der Waals surface area contributed by atoms with Gasteiger partial charge in [-0.2, -0.15) is 0 Å². The van der Waals surface area contributed by atoms with Gasteiger partial charge in [-0.3, -0.25) is 19.7 Å². The molecule has 194 valence electrons. The molecule has 1 aliphatic rings. The van der Waals surface area contributed by atoms with Crippen LogP contribution < -0.4 is 119 Å². The van der Waals surface area contributed by atoms with Crippen molar-refractivity contribution in [2.24, 2.45) is 0 Å². The number of amides is 1. The Morgan fingerprint density at radius 2 is 1.72 bits per heavy atom. The average molecular weight is 731 g/mol. The first-order valence-corrected chi connectivity index (χ1v) is 10.8. The summed E-state index contributed by atoms with van der Waals surface area (Å²) in [7, 11) is 0. The molecule has 0 unspecified atom stereocenters. The Labute approximate surface area is 324 Å². The standard InChI is InChI=1S/C8H7BrN2O2.C5H5BrN2.C3H4Cl2O2.CH2O3.2CH4.2K.H/c9-6-3-7(5-10-4-6)11-1-2-13-8(11)12;6-4-1-5(7)3-8-2-4;4-1-2-7-3(5)6;2-1-4-3;;;;;/h3-5H,1-2H2;1-3H,7H2;1-2H2;1,3H;2*1H4;;;/q;;;;;;2*+1;-1/p-1. The molecular weight excluding hydrogens is 705 g/mol. The van der Waals surface area contributed by atoms with Gasteiger partial charge in [0.05, 0.1) is 30.0 Å². The number of aromatic nitrogens is 2. The molecule has 3 rings (SSSR count). The number of halogens is 4. The second-order valence-electron chi connectivity index (χ2n) is 5.03. The molecule has 0 aromatic carbocycles. The fourth-order valence-electron chi connectivity index (χ4n) is 1.72. The van der Waals surface area contributed by atoms with Crippen molar-refractivity contribution in [1.82, 2.24) is 9.97 Å². The van der Waals surface area contributed by atoms with E-state index >= 15 is 0 Å². The van der Waals surface area contributed by atoms with Gasteiger partial charge in [0, 0.05) is 39.1 Å². The monoisotopic (exact) mass is 728 g/mol. The first-order valence-electron chi connectivity index (χ1n) is 8.26. The van der Waals surface area contributed by atoms with Gasteiger partial charge in [-0.05, 0) is 44.0 Å². The summed E-state index contributed by atoms with van der Waals surface area (Å²) in [6, 6.07) is 3.63. The van der Waals surface area contributed by atoms with Crippen molar-refractivity contribution in [1.29, 1.82) is 0 Å². The van der Waals surface area contributed by atoms with Crippen LogP contribution in [0, 0.1) is 0 Å². The van der Waals surface area contributed by atoms with Crippen LogP contribution in [0.15, 0.2) is 45.9 Å². The van der Waals surface area contributed by atoms with Crippen LogP contribution in [0.1, 0.15) is 16.3 Å². The van der Waals surface area contributed by atoms with Crippen LogP contribution in [0.25, 0.3) is 0 Å². The molecule has 2 N–H and O–H groups in total. The van der Waals surface area contributed by atoms with Crippen LogP contribution in [0.4, 0.5) is 21.0 Å². The molecule has 1 amide bonds. The van der Waals surface area contributed by atoms with E-state index in [2.05, 4.69) is 51.5 Å². The van der Waals surface area contributed by atoms with Gasteiger partial charge in [0.2, 0.25) is 0 Å². The van der Waals surface area contributed by atoms with Gasteiger partial charge in [-0.15, -0.1) is 11.6 Å². The zero-order valence-electron chi connectivity index (χ0n) is 19.2. The Hall–Kier alpha value is 1.08. The summed E-state index contributed by atoms with van der Waals surface area (Å²) in [5, 5.41) is 8.43. The van der Waals surface area contributed by atoms with Crippen molar-refractivity contribution in [3.05, 3.63) is 45.9 Å². The predicted octanol–water partition coefficient (Wildman–Crippen LogP) is -1.34. The number of pyridine rings is 2. The molecule has 0 spiro atoms. The molecule has 3 heterocycles. The number of nitrogen functional groups attached to an aromatic ring is 1. The van der Waals surface area contributed by atoms with E-state index in [1.807, 2.05) is 6.07 Å². The molecule has 1 saturated heterocycles. The minimum absolute atomic E-state index is 0. The van der Waals surface area contributed by atoms with E-state index in [0.29, 0.717) is 24.7 Å². The van der Waals surface area contributed by atoms with Gasteiger partial charge in [-0.25, -0.2) is 9.59 Å². The van der Waals surface area contributed by atoms with Gasteiger partial charge in [0.15, 0.2) is 0 Å². The molecule has 17 heteroatoms. The van der Waals surface area contributed by atoms with Gasteiger partial charge in [0.25, 0.3) is 6.47 Å². The molecule has 36 heavy (non-hydrogen) atoms. The molecule has 2 aromatic rings. The Bertz CT molecular complexity index is 854. The van der Waals surface area contributed by atoms with Crippen molar-refractivity contribution in [2.75, 3.05) is 36.3 Å². The Kier molecular flexibility index (Phi) is 39.9. The molecule has 0 radical (unpaired) electrons. The van der Waals surface area contributed by atoms with Gasteiger partial charge < -0.3 is 26.8 Å². The third kappa shape index (κ3) is 25.4. The van der Waals surface area contributed by atoms with E-state index in [4.69, 9.17) is 43.7 Å². The predicted molar refractivity (Wildman–Crippen MR) is 137 cm³/mol. The Morgan fingerprint density at radius 1 is 1.19 bits per heavy atom. The molecule has 11 nitrogen and oxygen atoms in total. The number of nitrogens with zero attached hydrogens (tertiary/aromatic N) is 3. The van der Waals surface area contributed by atoms with Gasteiger partial charge in [0.1, 0.15) is 13.2 Å². The number of rotatable bonds is 4. The van der Waals surface area contributed by atoms with Crippen molar-refractivity contribution in [2.45, 2.75) is 14.9 Å². The summed E-state index contributed by atoms with van der Waals surface area (Å²) in [6.07, 6.45) is 6.29. The van der Waals surface area contributed by atoms with Gasteiger partial charge in [-0.1, -0.05) is 14.9 Å². The van der Waals surface area contributed by atoms with Crippen molar-refractivity contribution in [3.8, 4) is 0 Å². The summed E-state index contributed by atoms with van der Waals surface area (Å²) in [4.78, 5) is 41.4. The van der Waals surface area contributed by atoms with E-state index in [0.717, 1.165) is 14.6 Å². The first-order chi connectivity index (χ1) is 15.2. The maximum atomic E-state index is 11.1. The van der Waals surface area contributed by atoms with E-state index in [-0.39, 0.29) is 138 Å². The molecule has 0 aliphatic carbocycles. The summed E-state index contributed by atoms with van der Waals surface area (Å²) in [5.41, 5.74) is 6.00. The normalized spacial score (nSPS) is 10.0. The summed E-state index contributed by atoms with van der Waals surface area (Å²) in [5.74, 6) is 0.290. The third-order valence-corrected chi connectivity index (χ3v) is 3.95. The number of ether oxygens (including phenoxy) is 2. The fourth-order valence-corrected chi connectivity index (χ4v) is 2.61. The van der Waals surface area contributed by atoms with Crippen molar-refractivity contribution < 1.29 is 138 Å². The minimum Gasteiger partial charge on any atom is -1.00 e. The van der Waals surface area contributed by atoms with E-state index < -0.39 is 5.43 Å². The zero-order chi connectivity index (χ0) is 24.4. The molecular formula is C19H26Br2Cl2K2N4O7. The van der Waals surface area contributed by atoms with Crippen LogP contribution in [0.3, 0.4) is 0 Å². The van der Waals surface area contributed by atoms with Crippen LogP contribution in [-0.4, -0.2) is 53.6 Å². The second kappa shape index (κ2) is 30.6. The smallest absolute Gasteiger partial charge is 1.00 e. The topological polar surface area (TPSA) is 157 Å². The largest absolute Gasteiger partial charge is 1.00 e. The van der Waals surface area contributed by atoms with Crippen LogP contribution in [0.5, 0.6) is 0 Å². The number of hydrogen-bond acceptors (Lipinski definition) is 10. The molecule has 0 bridgehead atoms. The average Bonchev–Trinajstić information content (AvgIpc) is 3.19. The number of alkyl halides is 1.